The summed E-state index contributed by atoms with van der Waals surface area (Å²) >= 11 is -1.62. The zero-order chi connectivity index (χ0) is 11.6. The van der Waals surface area contributed by atoms with Crippen molar-refractivity contribution in [3.05, 3.63) is 23.9 Å². The number of primary amides is 1. The third kappa shape index (κ3) is 2.27. The van der Waals surface area contributed by atoms with E-state index in [1.54, 1.807) is 0 Å². The van der Waals surface area contributed by atoms with Crippen LogP contribution in [0.5, 0.6) is 0 Å². The SMILES string of the molecule is C=C(C(N)=O)[C]1=[In][N](C#N)C=C1C(=N)N. The zero-order valence-electron chi connectivity index (χ0n) is 7.82. The summed E-state index contributed by atoms with van der Waals surface area (Å²) in [5.41, 5.74) is 11.0. The van der Waals surface area contributed by atoms with Crippen molar-refractivity contribution >= 4 is 37.7 Å². The zero-order valence-corrected chi connectivity index (χ0v) is 11.1. The van der Waals surface area contributed by atoms with Crippen molar-refractivity contribution in [1.29, 1.82) is 10.7 Å². The second-order valence-electron chi connectivity index (χ2n) is 2.85. The van der Waals surface area contributed by atoms with Crippen LogP contribution in [-0.4, -0.2) is 40.6 Å². The number of rotatable bonds is 3. The van der Waals surface area contributed by atoms with Crippen molar-refractivity contribution in [2.75, 3.05) is 0 Å². The van der Waals surface area contributed by atoms with E-state index in [1.807, 2.05) is 6.19 Å². The molecule has 0 aliphatic carbocycles. The van der Waals surface area contributed by atoms with Gasteiger partial charge >= 0.3 is 97.6 Å². The molecule has 6 nitrogen and oxygen atoms in total. The number of nitrogens with zero attached hydrogens (tertiary/aromatic N) is 2. The van der Waals surface area contributed by atoms with Gasteiger partial charge in [0.05, 0.1) is 0 Å². The summed E-state index contributed by atoms with van der Waals surface area (Å²) in [6, 6.07) is 0. The van der Waals surface area contributed by atoms with Crippen LogP contribution in [0.1, 0.15) is 0 Å². The van der Waals surface area contributed by atoms with Gasteiger partial charge in [0.2, 0.25) is 0 Å². The van der Waals surface area contributed by atoms with E-state index in [1.165, 1.54) is 9.09 Å². The Hall–Kier alpha value is -1.55. The molecule has 0 aromatic carbocycles. The molecule has 1 aliphatic rings. The molecule has 0 aromatic heterocycles. The number of nitrogens with one attached hydrogen (secondary N) is 1. The van der Waals surface area contributed by atoms with Gasteiger partial charge in [-0.05, 0) is 0 Å². The Morgan fingerprint density at radius 2 is 2.27 bits per heavy atom. The predicted octanol–water partition coefficient (Wildman–Crippen LogP) is -1.56. The first-order valence-electron chi connectivity index (χ1n) is 3.93. The molecule has 0 atom stereocenters. The summed E-state index contributed by atoms with van der Waals surface area (Å²) in [5.74, 6) is -0.806. The maximum absolute atomic E-state index is 10.9. The van der Waals surface area contributed by atoms with Gasteiger partial charge in [-0.2, -0.15) is 0 Å². The van der Waals surface area contributed by atoms with Crippen LogP contribution in [0.15, 0.2) is 23.9 Å². The summed E-state index contributed by atoms with van der Waals surface area (Å²) in [6.45, 7) is 3.54. The Morgan fingerprint density at radius 1 is 1.67 bits per heavy atom. The molecule has 0 saturated heterocycles. The summed E-state index contributed by atoms with van der Waals surface area (Å²) < 4.78 is 2.06. The first-order chi connectivity index (χ1) is 6.97. The average Bonchev–Trinajstić information content (AvgIpc) is 2.60. The third-order valence-electron chi connectivity index (χ3n) is 1.85. The van der Waals surface area contributed by atoms with Crippen molar-refractivity contribution in [1.82, 2.24) is 2.89 Å². The second-order valence-corrected chi connectivity index (χ2v) is 6.82. The summed E-state index contributed by atoms with van der Waals surface area (Å²) in [7, 11) is 0. The fourth-order valence-corrected chi connectivity index (χ4v) is 4.60. The number of nitrogens with two attached hydrogens (primary N) is 2. The van der Waals surface area contributed by atoms with Gasteiger partial charge in [-0.15, -0.1) is 0 Å². The molecule has 5 N–H and O–H groups in total. The molecule has 0 radical (unpaired) electrons. The van der Waals surface area contributed by atoms with E-state index in [4.69, 9.17) is 22.1 Å². The summed E-state index contributed by atoms with van der Waals surface area (Å²) in [4.78, 5) is 10.9. The van der Waals surface area contributed by atoms with Crippen molar-refractivity contribution in [3.8, 4) is 6.19 Å². The quantitative estimate of drug-likeness (QED) is 0.253. The van der Waals surface area contributed by atoms with Gasteiger partial charge in [0.25, 0.3) is 0 Å². The Morgan fingerprint density at radius 3 is 2.67 bits per heavy atom. The van der Waals surface area contributed by atoms with Crippen molar-refractivity contribution in [2.24, 2.45) is 11.5 Å². The first kappa shape index (κ1) is 11.5. The van der Waals surface area contributed by atoms with Crippen molar-refractivity contribution in [3.63, 3.8) is 0 Å². The summed E-state index contributed by atoms with van der Waals surface area (Å²) in [5, 5.41) is 16.0. The van der Waals surface area contributed by atoms with Gasteiger partial charge in [0.15, 0.2) is 0 Å². The van der Waals surface area contributed by atoms with Crippen LogP contribution >= 0.6 is 0 Å². The molecular weight excluding hydrogens is 297 g/mol. The van der Waals surface area contributed by atoms with Crippen LogP contribution in [0.3, 0.4) is 0 Å². The van der Waals surface area contributed by atoms with E-state index in [-0.39, 0.29) is 11.4 Å². The van der Waals surface area contributed by atoms with Gasteiger partial charge in [-0.25, -0.2) is 0 Å². The molecule has 1 amide bonds. The van der Waals surface area contributed by atoms with E-state index >= 15 is 0 Å². The average molecular weight is 305 g/mol. The number of hydrogen-bond donors (Lipinski definition) is 3. The molecular formula is C8H8InN5O. The number of nitriles is 1. The minimum atomic E-state index is -1.62. The van der Waals surface area contributed by atoms with Crippen LogP contribution in [-0.2, 0) is 4.79 Å². The molecule has 0 unspecified atom stereocenters. The molecule has 0 saturated carbocycles. The number of carbonyl (C=O) groups excluding carboxylic acids is 1. The predicted molar refractivity (Wildman–Crippen MR) is 56.5 cm³/mol. The molecule has 0 fully saturated rings. The molecule has 1 aliphatic heterocycles. The fraction of sp³-hybridized carbons (Fsp3) is 0. The fourth-order valence-electron chi connectivity index (χ4n) is 1.10. The van der Waals surface area contributed by atoms with Crippen LogP contribution in [0.25, 0.3) is 0 Å². The molecule has 0 spiro atoms. The molecule has 74 valence electrons. The van der Waals surface area contributed by atoms with E-state index in [0.29, 0.717) is 8.83 Å². The van der Waals surface area contributed by atoms with Crippen LogP contribution in [0.4, 0.5) is 0 Å². The van der Waals surface area contributed by atoms with Crippen LogP contribution < -0.4 is 11.5 Å². The van der Waals surface area contributed by atoms with E-state index in [9.17, 15) is 4.79 Å². The van der Waals surface area contributed by atoms with E-state index in [2.05, 4.69) is 6.58 Å². The standard InChI is InChI=1S/C8H9N5O.In/c1-5(8(12)14)2-6(7(10)11)3-13-4-9;/h3,9H,1H2,(H5,10,11,12,14);/q;+1/p-1. The van der Waals surface area contributed by atoms with Gasteiger partial charge in [-0.1, -0.05) is 0 Å². The Bertz CT molecular complexity index is 456. The van der Waals surface area contributed by atoms with Gasteiger partial charge in [-0.3, -0.25) is 0 Å². The van der Waals surface area contributed by atoms with Crippen LogP contribution in [0, 0.1) is 16.9 Å². The molecule has 15 heavy (non-hydrogen) atoms. The normalized spacial score (nSPS) is 13.4. The topological polar surface area (TPSA) is 120 Å². The van der Waals surface area contributed by atoms with Gasteiger partial charge < -0.3 is 0 Å². The number of amides is 1. The Labute approximate surface area is 97.6 Å². The van der Waals surface area contributed by atoms with E-state index in [0.717, 1.165) is 0 Å². The van der Waals surface area contributed by atoms with Gasteiger partial charge in [0, 0.05) is 0 Å². The second kappa shape index (κ2) is 4.31. The first-order valence-corrected chi connectivity index (χ1v) is 7.05. The molecule has 0 bridgehead atoms. The van der Waals surface area contributed by atoms with Crippen molar-refractivity contribution < 1.29 is 4.79 Å². The van der Waals surface area contributed by atoms with Crippen LogP contribution in [0.2, 0.25) is 0 Å². The third-order valence-corrected chi connectivity index (χ3v) is 6.02. The Balaban J connectivity index is 3.14. The number of amidine groups is 1. The molecule has 1 heterocycles. The minimum absolute atomic E-state index is 0.162. The Kier molecular flexibility index (Phi) is 3.31. The van der Waals surface area contributed by atoms with E-state index < -0.39 is 28.6 Å². The maximum atomic E-state index is 10.9. The van der Waals surface area contributed by atoms with Crippen molar-refractivity contribution in [2.45, 2.75) is 0 Å². The number of hydrogen-bond acceptors (Lipinski definition) is 4. The number of carbonyl (C=O) groups is 1. The summed E-state index contributed by atoms with van der Waals surface area (Å²) in [6.07, 6.45) is 3.43. The molecule has 0 aromatic rings. The van der Waals surface area contributed by atoms with Gasteiger partial charge in [0.1, 0.15) is 0 Å². The molecule has 1 rings (SSSR count). The molecule has 7 heteroatoms. The monoisotopic (exact) mass is 305 g/mol.